The third kappa shape index (κ3) is 3.04. The van der Waals surface area contributed by atoms with Crippen LogP contribution in [0.3, 0.4) is 0 Å². The molecule has 5 rings (SSSR count). The number of halogens is 4. The maximum absolute atomic E-state index is 14.9. The predicted molar refractivity (Wildman–Crippen MR) is 121 cm³/mol. The van der Waals surface area contributed by atoms with Gasteiger partial charge in [-0.2, -0.15) is 13.8 Å². The highest BCUT2D eigenvalue weighted by Gasteiger charge is 2.38. The van der Waals surface area contributed by atoms with E-state index in [1.807, 2.05) is 53.4 Å². The molecule has 3 aromatic carbocycles. The number of hydrogen-bond acceptors (Lipinski definition) is 2. The summed E-state index contributed by atoms with van der Waals surface area (Å²) >= 11 is 0. The van der Waals surface area contributed by atoms with E-state index in [-0.39, 0.29) is 11.0 Å². The summed E-state index contributed by atoms with van der Waals surface area (Å²) < 4.78 is 57.8. The van der Waals surface area contributed by atoms with E-state index in [1.54, 1.807) is 19.1 Å². The minimum atomic E-state index is -1.68. The van der Waals surface area contributed by atoms with E-state index in [2.05, 4.69) is 18.8 Å². The summed E-state index contributed by atoms with van der Waals surface area (Å²) in [5.41, 5.74) is 3.74. The number of pyridine rings is 1. The second-order valence-electron chi connectivity index (χ2n) is 8.66. The molecular weight excluding hydrogens is 428 g/mol. The molecule has 0 unspecified atom stereocenters. The number of fused-ring (bicyclic) bond motifs is 2. The molecule has 0 saturated heterocycles. The Morgan fingerprint density at radius 2 is 1.21 bits per heavy atom. The van der Waals surface area contributed by atoms with Gasteiger partial charge in [-0.25, -0.2) is 8.78 Å². The SMILES string of the molecule is Cc1cccc(-c2c(F)c(F)nc(F)c2F)c1N1c2ccccc2C(C)(C)c2ccccc21. The summed E-state index contributed by atoms with van der Waals surface area (Å²) in [6.07, 6.45) is 0. The molecule has 6 heteroatoms. The summed E-state index contributed by atoms with van der Waals surface area (Å²) in [7, 11) is 0. The molecule has 0 radical (unpaired) electrons. The van der Waals surface area contributed by atoms with E-state index < -0.39 is 29.1 Å². The van der Waals surface area contributed by atoms with Gasteiger partial charge in [0.05, 0.1) is 22.6 Å². The van der Waals surface area contributed by atoms with Crippen molar-refractivity contribution in [3.05, 3.63) is 107 Å². The maximum Gasteiger partial charge on any atom is 0.252 e. The number of aryl methyl sites for hydroxylation is 1. The fraction of sp³-hybridized carbons (Fsp3) is 0.148. The molecule has 0 fully saturated rings. The van der Waals surface area contributed by atoms with Crippen LogP contribution >= 0.6 is 0 Å². The number of para-hydroxylation sites is 3. The second-order valence-corrected chi connectivity index (χ2v) is 8.66. The minimum absolute atomic E-state index is 0.0366. The lowest BCUT2D eigenvalue weighted by Gasteiger charge is -2.43. The monoisotopic (exact) mass is 448 g/mol. The van der Waals surface area contributed by atoms with Crippen LogP contribution in [0.1, 0.15) is 30.5 Å². The Morgan fingerprint density at radius 3 is 1.76 bits per heavy atom. The van der Waals surface area contributed by atoms with Gasteiger partial charge in [-0.3, -0.25) is 0 Å². The first-order chi connectivity index (χ1) is 15.7. The summed E-state index contributed by atoms with van der Waals surface area (Å²) in [6.45, 7) is 6.04. The molecule has 0 bridgehead atoms. The molecular formula is C27H20F4N2. The quantitative estimate of drug-likeness (QED) is 0.230. The van der Waals surface area contributed by atoms with Gasteiger partial charge in [-0.15, -0.1) is 0 Å². The van der Waals surface area contributed by atoms with Gasteiger partial charge in [0.1, 0.15) is 0 Å². The average Bonchev–Trinajstić information content (AvgIpc) is 2.80. The highest BCUT2D eigenvalue weighted by Crippen LogP contribution is 2.54. The van der Waals surface area contributed by atoms with Crippen molar-refractivity contribution in [2.24, 2.45) is 0 Å². The second kappa shape index (κ2) is 7.44. The molecule has 0 aliphatic carbocycles. The van der Waals surface area contributed by atoms with Crippen molar-refractivity contribution in [2.75, 3.05) is 4.90 Å². The summed E-state index contributed by atoms with van der Waals surface area (Å²) in [5.74, 6) is -6.42. The number of rotatable bonds is 2. The Bertz CT molecular complexity index is 1340. The van der Waals surface area contributed by atoms with Crippen molar-refractivity contribution < 1.29 is 17.6 Å². The zero-order valence-electron chi connectivity index (χ0n) is 18.3. The number of benzene rings is 3. The van der Waals surface area contributed by atoms with E-state index in [0.29, 0.717) is 11.3 Å². The largest absolute Gasteiger partial charge is 0.309 e. The van der Waals surface area contributed by atoms with Gasteiger partial charge >= 0.3 is 0 Å². The standard InChI is InChI=1S/C27H20F4N2/c1-15-9-8-10-16(21-22(28)25(30)32-26(31)23(21)29)24(15)33-19-13-6-4-11-17(19)27(2,3)18-12-5-7-14-20(18)33/h4-14H,1-3H3. The zero-order chi connectivity index (χ0) is 23.5. The van der Waals surface area contributed by atoms with Crippen molar-refractivity contribution in [2.45, 2.75) is 26.2 Å². The molecule has 1 aromatic heterocycles. The van der Waals surface area contributed by atoms with Gasteiger partial charge in [0.2, 0.25) is 0 Å². The Kier molecular flexibility index (Phi) is 4.78. The average molecular weight is 448 g/mol. The first-order valence-corrected chi connectivity index (χ1v) is 10.5. The van der Waals surface area contributed by atoms with Crippen LogP contribution in [0.4, 0.5) is 34.6 Å². The lowest BCUT2D eigenvalue weighted by molar-refractivity contribution is 0.410. The molecule has 0 N–H and O–H groups in total. The van der Waals surface area contributed by atoms with Crippen LogP contribution in [-0.2, 0) is 5.41 Å². The van der Waals surface area contributed by atoms with Crippen LogP contribution in [0.25, 0.3) is 11.1 Å². The Morgan fingerprint density at radius 1 is 0.697 bits per heavy atom. The molecule has 4 aromatic rings. The molecule has 0 amide bonds. The van der Waals surface area contributed by atoms with Gasteiger partial charge in [0.15, 0.2) is 11.6 Å². The number of hydrogen-bond donors (Lipinski definition) is 0. The van der Waals surface area contributed by atoms with Crippen LogP contribution in [0.15, 0.2) is 66.7 Å². The molecule has 2 heterocycles. The number of aromatic nitrogens is 1. The molecule has 33 heavy (non-hydrogen) atoms. The normalized spacial score (nSPS) is 14.1. The summed E-state index contributed by atoms with van der Waals surface area (Å²) in [4.78, 5) is 4.63. The molecule has 1 aliphatic heterocycles. The minimum Gasteiger partial charge on any atom is -0.309 e. The van der Waals surface area contributed by atoms with Crippen LogP contribution in [0.2, 0.25) is 0 Å². The van der Waals surface area contributed by atoms with Crippen molar-refractivity contribution in [3.8, 4) is 11.1 Å². The Balaban J connectivity index is 1.90. The topological polar surface area (TPSA) is 16.1 Å². The highest BCUT2D eigenvalue weighted by molar-refractivity contribution is 5.94. The molecule has 2 nitrogen and oxygen atoms in total. The van der Waals surface area contributed by atoms with Gasteiger partial charge in [0, 0.05) is 11.0 Å². The Labute approximate surface area is 189 Å². The number of nitrogens with zero attached hydrogens (tertiary/aromatic N) is 2. The maximum atomic E-state index is 14.9. The van der Waals surface area contributed by atoms with E-state index in [9.17, 15) is 17.6 Å². The zero-order valence-corrected chi connectivity index (χ0v) is 18.3. The van der Waals surface area contributed by atoms with E-state index >= 15 is 0 Å². The van der Waals surface area contributed by atoms with Gasteiger partial charge in [-0.1, -0.05) is 68.4 Å². The van der Waals surface area contributed by atoms with Crippen molar-refractivity contribution in [3.63, 3.8) is 0 Å². The Hall–Kier alpha value is -3.67. The van der Waals surface area contributed by atoms with Crippen LogP contribution in [0.5, 0.6) is 0 Å². The highest BCUT2D eigenvalue weighted by atomic mass is 19.2. The first kappa shape index (κ1) is 21.2. The van der Waals surface area contributed by atoms with Gasteiger partial charge in [0.25, 0.3) is 11.9 Å². The van der Waals surface area contributed by atoms with Crippen molar-refractivity contribution in [1.29, 1.82) is 0 Å². The van der Waals surface area contributed by atoms with Gasteiger partial charge in [-0.05, 0) is 35.7 Å². The molecule has 1 aliphatic rings. The van der Waals surface area contributed by atoms with Crippen LogP contribution in [-0.4, -0.2) is 4.98 Å². The third-order valence-corrected chi connectivity index (χ3v) is 6.36. The number of anilines is 3. The molecule has 0 spiro atoms. The summed E-state index contributed by atoms with van der Waals surface area (Å²) in [6, 6.07) is 20.4. The van der Waals surface area contributed by atoms with Crippen LogP contribution < -0.4 is 4.90 Å². The van der Waals surface area contributed by atoms with Crippen molar-refractivity contribution in [1.82, 2.24) is 4.98 Å². The van der Waals surface area contributed by atoms with Crippen LogP contribution in [0, 0.1) is 30.5 Å². The predicted octanol–water partition coefficient (Wildman–Crippen LogP) is 7.72. The fourth-order valence-electron chi connectivity index (χ4n) is 4.79. The lowest BCUT2D eigenvalue weighted by atomic mass is 9.73. The van der Waals surface area contributed by atoms with Gasteiger partial charge < -0.3 is 4.90 Å². The van der Waals surface area contributed by atoms with E-state index in [0.717, 1.165) is 22.5 Å². The van der Waals surface area contributed by atoms with E-state index in [4.69, 9.17) is 0 Å². The van der Waals surface area contributed by atoms with Crippen molar-refractivity contribution >= 4 is 17.1 Å². The first-order valence-electron chi connectivity index (χ1n) is 10.5. The molecule has 0 saturated carbocycles. The molecule has 0 atom stereocenters. The molecule has 166 valence electrons. The smallest absolute Gasteiger partial charge is 0.252 e. The summed E-state index contributed by atoms with van der Waals surface area (Å²) in [5, 5.41) is 0. The van der Waals surface area contributed by atoms with E-state index in [1.165, 1.54) is 6.07 Å². The lowest BCUT2D eigenvalue weighted by Crippen LogP contribution is -2.31. The third-order valence-electron chi connectivity index (χ3n) is 6.36. The fourth-order valence-corrected chi connectivity index (χ4v) is 4.79.